The second-order valence-electron chi connectivity index (χ2n) is 4.44. The second kappa shape index (κ2) is 7.18. The minimum atomic E-state index is -0.182. The van der Waals surface area contributed by atoms with Gasteiger partial charge in [0.1, 0.15) is 0 Å². The number of amides is 1. The van der Waals surface area contributed by atoms with Gasteiger partial charge in [0.25, 0.3) is 0 Å². The Morgan fingerprint density at radius 1 is 1.53 bits per heavy atom. The van der Waals surface area contributed by atoms with Gasteiger partial charge in [0.15, 0.2) is 0 Å². The molecule has 1 atom stereocenters. The van der Waals surface area contributed by atoms with Gasteiger partial charge in [0.05, 0.1) is 31.5 Å². The molecule has 2 N–H and O–H groups in total. The van der Waals surface area contributed by atoms with E-state index in [-0.39, 0.29) is 18.6 Å². The van der Waals surface area contributed by atoms with Crippen molar-refractivity contribution in [1.82, 2.24) is 4.90 Å². The van der Waals surface area contributed by atoms with E-state index in [0.717, 1.165) is 15.8 Å². The van der Waals surface area contributed by atoms with Crippen molar-refractivity contribution in [2.75, 3.05) is 38.2 Å². The largest absolute Gasteiger partial charge is 0.394 e. The van der Waals surface area contributed by atoms with Crippen molar-refractivity contribution in [2.45, 2.75) is 6.10 Å². The number of benzene rings is 1. The molecule has 5 nitrogen and oxygen atoms in total. The van der Waals surface area contributed by atoms with Crippen LogP contribution in [0.25, 0.3) is 0 Å². The highest BCUT2D eigenvalue weighted by Gasteiger charge is 2.21. The van der Waals surface area contributed by atoms with Crippen molar-refractivity contribution in [3.63, 3.8) is 0 Å². The summed E-state index contributed by atoms with van der Waals surface area (Å²) < 4.78 is 6.37. The summed E-state index contributed by atoms with van der Waals surface area (Å²) in [6.45, 7) is 2.19. The monoisotopic (exact) mass is 376 g/mol. The third kappa shape index (κ3) is 4.41. The average Bonchev–Trinajstić information content (AvgIpc) is 2.41. The lowest BCUT2D eigenvalue weighted by Gasteiger charge is -2.31. The Morgan fingerprint density at radius 3 is 3.05 bits per heavy atom. The molecule has 1 aromatic rings. The summed E-state index contributed by atoms with van der Waals surface area (Å²) >= 11 is 2.19. The Morgan fingerprint density at radius 2 is 2.32 bits per heavy atom. The van der Waals surface area contributed by atoms with E-state index in [1.807, 2.05) is 29.2 Å². The van der Waals surface area contributed by atoms with E-state index in [1.165, 1.54) is 0 Å². The number of anilines is 1. The number of nitrogens with zero attached hydrogens (tertiary/aromatic N) is 1. The summed E-state index contributed by atoms with van der Waals surface area (Å²) in [7, 11) is 0. The summed E-state index contributed by atoms with van der Waals surface area (Å²) in [4.78, 5) is 14.0. The number of aliphatic hydroxyl groups is 1. The van der Waals surface area contributed by atoms with E-state index >= 15 is 0 Å². The SMILES string of the molecule is O=C(CN1CCOC(CO)C1)Nc1ccccc1I. The second-order valence-corrected chi connectivity index (χ2v) is 5.60. The van der Waals surface area contributed by atoms with E-state index in [0.29, 0.717) is 19.7 Å². The highest BCUT2D eigenvalue weighted by atomic mass is 127. The number of carbonyl (C=O) groups is 1. The lowest BCUT2D eigenvalue weighted by atomic mass is 10.2. The summed E-state index contributed by atoms with van der Waals surface area (Å²) in [6.07, 6.45) is -0.182. The minimum absolute atomic E-state index is 0.00526. The zero-order valence-electron chi connectivity index (χ0n) is 10.5. The molecular formula is C13H17IN2O3. The standard InChI is InChI=1S/C13H17IN2O3/c14-11-3-1-2-4-12(11)15-13(18)8-16-5-6-19-10(7-16)9-17/h1-4,10,17H,5-9H2,(H,15,18). The first kappa shape index (κ1) is 14.7. The molecule has 0 bridgehead atoms. The highest BCUT2D eigenvalue weighted by molar-refractivity contribution is 14.1. The van der Waals surface area contributed by atoms with Crippen LogP contribution < -0.4 is 5.32 Å². The van der Waals surface area contributed by atoms with E-state index < -0.39 is 0 Å². The molecule has 0 saturated carbocycles. The molecule has 1 saturated heterocycles. The average molecular weight is 376 g/mol. The van der Waals surface area contributed by atoms with Crippen molar-refractivity contribution >= 4 is 34.2 Å². The Hall–Kier alpha value is -0.700. The van der Waals surface area contributed by atoms with Crippen LogP contribution >= 0.6 is 22.6 Å². The topological polar surface area (TPSA) is 61.8 Å². The zero-order valence-corrected chi connectivity index (χ0v) is 12.7. The molecule has 1 aliphatic rings. The fourth-order valence-corrected chi connectivity index (χ4v) is 2.51. The molecule has 0 aromatic heterocycles. The van der Waals surface area contributed by atoms with Crippen LogP contribution in [-0.2, 0) is 9.53 Å². The predicted octanol–water partition coefficient (Wildman–Crippen LogP) is 0.923. The number of aliphatic hydroxyl groups excluding tert-OH is 1. The lowest BCUT2D eigenvalue weighted by Crippen LogP contribution is -2.46. The van der Waals surface area contributed by atoms with Gasteiger partial charge in [-0.25, -0.2) is 0 Å². The van der Waals surface area contributed by atoms with Crippen LogP contribution in [0.15, 0.2) is 24.3 Å². The zero-order chi connectivity index (χ0) is 13.7. The van der Waals surface area contributed by atoms with Crippen LogP contribution in [0, 0.1) is 3.57 Å². The third-order valence-corrected chi connectivity index (χ3v) is 3.88. The van der Waals surface area contributed by atoms with Gasteiger partial charge in [-0.05, 0) is 34.7 Å². The van der Waals surface area contributed by atoms with E-state index in [4.69, 9.17) is 9.84 Å². The quantitative estimate of drug-likeness (QED) is 0.768. The summed E-state index contributed by atoms with van der Waals surface area (Å²) in [6, 6.07) is 7.67. The Balaban J connectivity index is 1.86. The number of ether oxygens (including phenoxy) is 1. The maximum Gasteiger partial charge on any atom is 0.238 e. The molecule has 0 radical (unpaired) electrons. The lowest BCUT2D eigenvalue weighted by molar-refractivity contribution is -0.120. The fourth-order valence-electron chi connectivity index (χ4n) is 1.99. The van der Waals surface area contributed by atoms with Crippen LogP contribution in [0.3, 0.4) is 0 Å². The molecule has 1 amide bonds. The minimum Gasteiger partial charge on any atom is -0.394 e. The van der Waals surface area contributed by atoms with Gasteiger partial charge in [-0.2, -0.15) is 0 Å². The molecule has 6 heteroatoms. The predicted molar refractivity (Wildman–Crippen MR) is 81.1 cm³/mol. The molecule has 1 heterocycles. The maximum atomic E-state index is 12.0. The molecule has 104 valence electrons. The number of hydrogen-bond donors (Lipinski definition) is 2. The van der Waals surface area contributed by atoms with Gasteiger partial charge in [-0.15, -0.1) is 0 Å². The molecule has 0 aliphatic carbocycles. The smallest absolute Gasteiger partial charge is 0.238 e. The van der Waals surface area contributed by atoms with Gasteiger partial charge in [-0.1, -0.05) is 12.1 Å². The normalized spacial score (nSPS) is 20.2. The Labute approximate surface area is 126 Å². The first-order valence-electron chi connectivity index (χ1n) is 6.18. The van der Waals surface area contributed by atoms with Crippen LogP contribution in [0.1, 0.15) is 0 Å². The number of carbonyl (C=O) groups excluding carboxylic acids is 1. The number of rotatable bonds is 4. The van der Waals surface area contributed by atoms with E-state index in [9.17, 15) is 4.79 Å². The highest BCUT2D eigenvalue weighted by Crippen LogP contribution is 2.16. The number of nitrogens with one attached hydrogen (secondary N) is 1. The molecule has 1 fully saturated rings. The van der Waals surface area contributed by atoms with Gasteiger partial charge in [0, 0.05) is 16.7 Å². The fraction of sp³-hybridized carbons (Fsp3) is 0.462. The Kier molecular flexibility index (Phi) is 5.56. The van der Waals surface area contributed by atoms with Crippen molar-refractivity contribution in [1.29, 1.82) is 0 Å². The van der Waals surface area contributed by atoms with Crippen LogP contribution in [0.2, 0.25) is 0 Å². The molecule has 0 spiro atoms. The number of morpholine rings is 1. The van der Waals surface area contributed by atoms with E-state index in [1.54, 1.807) is 0 Å². The van der Waals surface area contributed by atoms with Gasteiger partial charge >= 0.3 is 0 Å². The van der Waals surface area contributed by atoms with Gasteiger partial charge in [0.2, 0.25) is 5.91 Å². The van der Waals surface area contributed by atoms with Crippen molar-refractivity contribution < 1.29 is 14.6 Å². The third-order valence-electron chi connectivity index (χ3n) is 2.94. The Bertz CT molecular complexity index is 442. The first-order valence-corrected chi connectivity index (χ1v) is 7.26. The molecular weight excluding hydrogens is 359 g/mol. The molecule has 19 heavy (non-hydrogen) atoms. The van der Waals surface area contributed by atoms with Crippen LogP contribution in [0.5, 0.6) is 0 Å². The number of para-hydroxylation sites is 1. The van der Waals surface area contributed by atoms with Crippen LogP contribution in [-0.4, -0.2) is 54.9 Å². The maximum absolute atomic E-state index is 12.0. The van der Waals surface area contributed by atoms with Gasteiger partial charge < -0.3 is 15.2 Å². The molecule has 1 unspecified atom stereocenters. The number of hydrogen-bond acceptors (Lipinski definition) is 4. The van der Waals surface area contributed by atoms with Crippen molar-refractivity contribution in [2.24, 2.45) is 0 Å². The molecule has 1 aromatic carbocycles. The summed E-state index contributed by atoms with van der Waals surface area (Å²) in [5, 5.41) is 12.0. The van der Waals surface area contributed by atoms with Crippen molar-refractivity contribution in [3.8, 4) is 0 Å². The molecule has 2 rings (SSSR count). The first-order chi connectivity index (χ1) is 9.19. The number of halogens is 1. The van der Waals surface area contributed by atoms with Crippen molar-refractivity contribution in [3.05, 3.63) is 27.8 Å². The summed E-state index contributed by atoms with van der Waals surface area (Å²) in [5.74, 6) is -0.0392. The molecule has 1 aliphatic heterocycles. The van der Waals surface area contributed by atoms with Crippen LogP contribution in [0.4, 0.5) is 5.69 Å². The summed E-state index contributed by atoms with van der Waals surface area (Å²) in [5.41, 5.74) is 0.833. The van der Waals surface area contributed by atoms with E-state index in [2.05, 4.69) is 27.9 Å². The van der Waals surface area contributed by atoms with Gasteiger partial charge in [-0.3, -0.25) is 9.69 Å².